The maximum Gasteiger partial charge on any atom is 0.336 e. The van der Waals surface area contributed by atoms with E-state index in [2.05, 4.69) is 85.4 Å². The summed E-state index contributed by atoms with van der Waals surface area (Å²) < 4.78 is 13.4. The highest BCUT2D eigenvalue weighted by atomic mass is 32.1. The second-order valence-electron chi connectivity index (χ2n) is 14.8. The number of ether oxygens (including phenoxy) is 1. The lowest BCUT2D eigenvalue weighted by atomic mass is 9.75. The Labute approximate surface area is 351 Å². The van der Waals surface area contributed by atoms with Crippen LogP contribution in [-0.4, -0.2) is 47.3 Å². The predicted molar refractivity (Wildman–Crippen MR) is 241 cm³/mol. The zero-order valence-corrected chi connectivity index (χ0v) is 34.4. The molecule has 2 aliphatic rings. The molecule has 0 amide bonds. The van der Waals surface area contributed by atoms with Crippen LogP contribution in [0.2, 0.25) is 0 Å². The number of carbonyl (C=O) groups is 1. The van der Waals surface area contributed by atoms with Gasteiger partial charge in [0.15, 0.2) is 10.9 Å². The molecule has 0 radical (unpaired) electrons. The van der Waals surface area contributed by atoms with Gasteiger partial charge < -0.3 is 29.5 Å². The molecule has 2 N–H and O–H groups in total. The minimum Gasteiger partial charge on any atom is -0.478 e. The SMILES string of the molecule is CCN(CC)c1ccc2c(c1)Oc1cc(N(CC)CC)ccc1C21c2ccccc2C(=S)N1N/C=c1\c(=O)ccc2c(-c3ccccc3C(=O)O)c3ccc(=O)cc3oc12. The van der Waals surface area contributed by atoms with Crippen molar-refractivity contribution in [2.24, 2.45) is 0 Å². The molecule has 6 aromatic carbocycles. The number of nitrogens with zero attached hydrogens (tertiary/aromatic N) is 3. The van der Waals surface area contributed by atoms with E-state index >= 15 is 0 Å². The molecular formula is C49H42N4O6S. The molecule has 0 saturated carbocycles. The lowest BCUT2D eigenvalue weighted by Gasteiger charge is -2.45. The molecule has 7 aromatic rings. The van der Waals surface area contributed by atoms with Crippen LogP contribution in [0.25, 0.3) is 39.3 Å². The fourth-order valence-corrected chi connectivity index (χ4v) is 9.44. The van der Waals surface area contributed by atoms with Gasteiger partial charge in [0.2, 0.25) is 0 Å². The largest absolute Gasteiger partial charge is 0.478 e. The average molecular weight is 815 g/mol. The molecule has 0 fully saturated rings. The number of thiocarbonyl (C=S) groups is 1. The summed E-state index contributed by atoms with van der Waals surface area (Å²) in [4.78, 5) is 44.4. The van der Waals surface area contributed by atoms with Crippen molar-refractivity contribution in [1.29, 1.82) is 0 Å². The van der Waals surface area contributed by atoms with Crippen LogP contribution in [0.1, 0.15) is 60.3 Å². The molecule has 0 atom stereocenters. The fraction of sp³-hybridized carbons (Fsp3) is 0.184. The summed E-state index contributed by atoms with van der Waals surface area (Å²) in [5, 5.41) is 13.4. The third kappa shape index (κ3) is 5.83. The van der Waals surface area contributed by atoms with Gasteiger partial charge in [0, 0.05) is 95.0 Å². The third-order valence-corrected chi connectivity index (χ3v) is 12.3. The number of hydrogen-bond acceptors (Lipinski definition) is 9. The molecule has 2 aliphatic heterocycles. The Morgan fingerprint density at radius 2 is 1.33 bits per heavy atom. The molecule has 0 aliphatic carbocycles. The Hall–Kier alpha value is -6.98. The first-order valence-electron chi connectivity index (χ1n) is 20.2. The molecule has 300 valence electrons. The van der Waals surface area contributed by atoms with Crippen LogP contribution in [0.15, 0.2) is 129 Å². The summed E-state index contributed by atoms with van der Waals surface area (Å²) >= 11 is 6.36. The first-order chi connectivity index (χ1) is 29.1. The minimum absolute atomic E-state index is 0.0691. The van der Waals surface area contributed by atoms with E-state index in [1.54, 1.807) is 36.5 Å². The number of anilines is 2. The van der Waals surface area contributed by atoms with E-state index in [0.29, 0.717) is 38.4 Å². The van der Waals surface area contributed by atoms with E-state index in [9.17, 15) is 19.5 Å². The Morgan fingerprint density at radius 3 is 1.97 bits per heavy atom. The number of rotatable bonds is 10. The van der Waals surface area contributed by atoms with Gasteiger partial charge in [0.25, 0.3) is 0 Å². The van der Waals surface area contributed by atoms with Gasteiger partial charge in [-0.05, 0) is 81.3 Å². The predicted octanol–water partition coefficient (Wildman–Crippen LogP) is 8.41. The summed E-state index contributed by atoms with van der Waals surface area (Å²) in [5.74, 6) is 0.252. The minimum atomic E-state index is -1.11. The van der Waals surface area contributed by atoms with Crippen LogP contribution in [0.4, 0.5) is 11.4 Å². The Morgan fingerprint density at radius 1 is 0.733 bits per heavy atom. The summed E-state index contributed by atoms with van der Waals surface area (Å²) in [6.45, 7) is 11.8. The molecule has 3 heterocycles. The van der Waals surface area contributed by atoms with Gasteiger partial charge in [-0.3, -0.25) is 14.6 Å². The highest BCUT2D eigenvalue weighted by Crippen LogP contribution is 2.58. The normalized spacial score (nSPS) is 13.9. The molecule has 60 heavy (non-hydrogen) atoms. The van der Waals surface area contributed by atoms with Crippen LogP contribution >= 0.6 is 12.2 Å². The number of benzene rings is 6. The van der Waals surface area contributed by atoms with Crippen molar-refractivity contribution in [2.75, 3.05) is 36.0 Å². The summed E-state index contributed by atoms with van der Waals surface area (Å²) in [6, 6.07) is 34.8. The van der Waals surface area contributed by atoms with Crippen LogP contribution < -0.4 is 36.0 Å². The number of aromatic carboxylic acids is 1. The van der Waals surface area contributed by atoms with Crippen LogP contribution in [0, 0.1) is 0 Å². The van der Waals surface area contributed by atoms with Crippen molar-refractivity contribution in [3.05, 3.63) is 169 Å². The van der Waals surface area contributed by atoms with Gasteiger partial charge in [-0.25, -0.2) is 4.79 Å². The first kappa shape index (κ1) is 38.5. The van der Waals surface area contributed by atoms with Gasteiger partial charge in [0.1, 0.15) is 33.2 Å². The number of hydrazine groups is 1. The average Bonchev–Trinajstić information content (AvgIpc) is 3.50. The van der Waals surface area contributed by atoms with Crippen molar-refractivity contribution in [2.45, 2.75) is 33.2 Å². The topological polar surface area (TPSA) is 116 Å². The van der Waals surface area contributed by atoms with Crippen molar-refractivity contribution in [3.8, 4) is 22.6 Å². The van der Waals surface area contributed by atoms with E-state index < -0.39 is 11.5 Å². The monoisotopic (exact) mass is 814 g/mol. The molecule has 9 rings (SSSR count). The highest BCUT2D eigenvalue weighted by molar-refractivity contribution is 7.80. The van der Waals surface area contributed by atoms with Gasteiger partial charge in [-0.15, -0.1) is 0 Å². The van der Waals surface area contributed by atoms with Gasteiger partial charge in [-0.1, -0.05) is 66.8 Å². The lowest BCUT2D eigenvalue weighted by Crippen LogP contribution is -2.53. The maximum atomic E-state index is 14.1. The first-order valence-corrected chi connectivity index (χ1v) is 20.6. The number of hydrogen-bond donors (Lipinski definition) is 2. The highest BCUT2D eigenvalue weighted by Gasteiger charge is 2.55. The standard InChI is InChI=1S/C49H42N4O6S/c1-5-51(6-2)29-17-22-39-43(25-29)58-44-26-30(52(7-3)8-4)18-23-40(44)49(39)38-16-12-11-15-34(38)47(60)53(49)50-28-37-41(55)24-21-36-45(32-13-9-10-14-33(32)48(56)57)35-20-19-31(54)27-42(35)59-46(36)37/h9-28,50H,5-8H2,1-4H3,(H,56,57)/b37-28+. The van der Waals surface area contributed by atoms with Crippen molar-refractivity contribution >= 4 is 62.7 Å². The van der Waals surface area contributed by atoms with Crippen molar-refractivity contribution < 1.29 is 19.1 Å². The summed E-state index contributed by atoms with van der Waals surface area (Å²) in [5.41, 5.74) is 8.79. The summed E-state index contributed by atoms with van der Waals surface area (Å²) in [7, 11) is 0. The van der Waals surface area contributed by atoms with E-state index in [4.69, 9.17) is 21.4 Å². The summed E-state index contributed by atoms with van der Waals surface area (Å²) in [6.07, 6.45) is 1.59. The smallest absolute Gasteiger partial charge is 0.336 e. The molecule has 11 heteroatoms. The maximum absolute atomic E-state index is 14.1. The third-order valence-electron chi connectivity index (χ3n) is 11.9. The second-order valence-corrected chi connectivity index (χ2v) is 15.2. The molecule has 10 nitrogen and oxygen atoms in total. The van der Waals surface area contributed by atoms with Crippen LogP contribution in [0.3, 0.4) is 0 Å². The molecule has 1 aromatic heterocycles. The molecule has 0 unspecified atom stereocenters. The lowest BCUT2D eigenvalue weighted by molar-refractivity contribution is 0.0697. The fourth-order valence-electron chi connectivity index (χ4n) is 9.07. The number of fused-ring (bicyclic) bond motifs is 8. The number of carboxylic acid groups (broad SMARTS) is 1. The van der Waals surface area contributed by atoms with Crippen LogP contribution in [-0.2, 0) is 5.54 Å². The van der Waals surface area contributed by atoms with Crippen molar-refractivity contribution in [1.82, 2.24) is 10.4 Å². The zero-order chi connectivity index (χ0) is 41.9. The molecule has 0 saturated heterocycles. The van der Waals surface area contributed by atoms with Crippen molar-refractivity contribution in [3.63, 3.8) is 0 Å². The molecular weight excluding hydrogens is 773 g/mol. The van der Waals surface area contributed by atoms with E-state index in [0.717, 1.165) is 59.8 Å². The quantitative estimate of drug-likeness (QED) is 0.103. The van der Waals surface area contributed by atoms with Gasteiger partial charge in [-0.2, -0.15) is 0 Å². The van der Waals surface area contributed by atoms with E-state index in [1.165, 1.54) is 24.3 Å². The van der Waals surface area contributed by atoms with E-state index in [1.807, 2.05) is 23.2 Å². The number of carboxylic acids is 1. The second kappa shape index (κ2) is 15.0. The van der Waals surface area contributed by atoms with Gasteiger partial charge >= 0.3 is 5.97 Å². The molecule has 0 bridgehead atoms. The number of nitrogens with one attached hydrogen (secondary N) is 1. The Bertz CT molecular complexity index is 3020. The zero-order valence-electron chi connectivity index (χ0n) is 33.6. The van der Waals surface area contributed by atoms with E-state index in [-0.39, 0.29) is 32.8 Å². The van der Waals surface area contributed by atoms with Gasteiger partial charge in [0.05, 0.1) is 10.8 Å². The Kier molecular flexibility index (Phi) is 9.63. The van der Waals surface area contributed by atoms with Crippen LogP contribution in [0.5, 0.6) is 11.5 Å². The molecule has 1 spiro atoms. The Balaban J connectivity index is 1.32.